The summed E-state index contributed by atoms with van der Waals surface area (Å²) < 4.78 is 3.89. The van der Waals surface area contributed by atoms with Crippen molar-refractivity contribution in [3.05, 3.63) is 95.8 Å². The van der Waals surface area contributed by atoms with Gasteiger partial charge in [-0.1, -0.05) is 99.6 Å². The lowest BCUT2D eigenvalue weighted by Crippen LogP contribution is -2.04. The van der Waals surface area contributed by atoms with E-state index >= 15 is 0 Å². The Morgan fingerprint density at radius 3 is 1.73 bits per heavy atom. The van der Waals surface area contributed by atoms with E-state index in [2.05, 4.69) is 57.9 Å². The average molecular weight is 663 g/mol. The fraction of sp³-hybridized carbons (Fsp3) is 0.389. The Hall–Kier alpha value is -4.68. The molecule has 4 heterocycles. The largest absolute Gasteiger partial charge is 0.383 e. The Morgan fingerprint density at radius 2 is 1.21 bits per heavy atom. The highest BCUT2D eigenvalue weighted by Crippen LogP contribution is 2.40. The van der Waals surface area contributed by atoms with Crippen molar-refractivity contribution in [1.29, 1.82) is 0 Å². The maximum absolute atomic E-state index is 10.6. The van der Waals surface area contributed by atoms with E-state index in [0.717, 1.165) is 41.6 Å². The zero-order chi connectivity index (χ0) is 33.6. The van der Waals surface area contributed by atoms with Gasteiger partial charge in [-0.15, -0.1) is 0 Å². The second-order valence-electron chi connectivity index (χ2n) is 12.7. The molecule has 4 aromatic heterocycles. The number of nitrogen functional groups attached to an aromatic ring is 2. The molecule has 5 N–H and O–H groups in total. The van der Waals surface area contributed by atoms with Crippen LogP contribution in [0.2, 0.25) is 18.1 Å². The summed E-state index contributed by atoms with van der Waals surface area (Å²) in [4.78, 5) is 16.8. The molecule has 250 valence electrons. The van der Waals surface area contributed by atoms with E-state index in [1.54, 1.807) is 0 Å². The molecule has 6 aromatic rings. The molecule has 12 heteroatoms. The molecule has 2 saturated carbocycles. The highest BCUT2D eigenvalue weighted by molar-refractivity contribution is 6.58. The summed E-state index contributed by atoms with van der Waals surface area (Å²) >= 11 is 0. The van der Waals surface area contributed by atoms with E-state index in [4.69, 9.17) is 16.6 Å². The summed E-state index contributed by atoms with van der Waals surface area (Å²) in [5, 5.41) is 21.5. The molecule has 1 unspecified atom stereocenters. The van der Waals surface area contributed by atoms with Gasteiger partial charge in [0, 0.05) is 15.2 Å². The van der Waals surface area contributed by atoms with Gasteiger partial charge in [-0.3, -0.25) is 0 Å². The van der Waals surface area contributed by atoms with Gasteiger partial charge in [0.2, 0.25) is 0 Å². The average Bonchev–Trinajstić information content (AvgIpc) is 4.07. The zero-order valence-corrected chi connectivity index (χ0v) is 29.2. The van der Waals surface area contributed by atoms with Crippen LogP contribution in [0.25, 0.3) is 22.1 Å². The van der Waals surface area contributed by atoms with Crippen molar-refractivity contribution < 1.29 is 5.11 Å². The molecule has 48 heavy (non-hydrogen) atoms. The van der Waals surface area contributed by atoms with Crippen LogP contribution in [0.3, 0.4) is 0 Å². The van der Waals surface area contributed by atoms with Gasteiger partial charge in [0.05, 0.1) is 28.6 Å². The summed E-state index contributed by atoms with van der Waals surface area (Å²) in [5.41, 5.74) is 17.1. The Morgan fingerprint density at radius 1 is 0.708 bits per heavy atom. The van der Waals surface area contributed by atoms with Crippen molar-refractivity contribution in [2.75, 3.05) is 11.5 Å². The van der Waals surface area contributed by atoms with E-state index in [1.165, 1.54) is 49.2 Å². The lowest BCUT2D eigenvalue weighted by Gasteiger charge is -2.08. The minimum absolute atomic E-state index is 0.171. The van der Waals surface area contributed by atoms with Gasteiger partial charge >= 0.3 is 0 Å². The first kappa shape index (κ1) is 33.2. The van der Waals surface area contributed by atoms with Gasteiger partial charge in [0.1, 0.15) is 36.1 Å². The molecule has 0 saturated heterocycles. The highest BCUT2D eigenvalue weighted by Gasteiger charge is 2.31. The van der Waals surface area contributed by atoms with Crippen molar-refractivity contribution in [1.82, 2.24) is 39.5 Å². The SMILES string of the molecule is CC[SiH](CC)CC.Nc1ncnc2c1c(C(O)c1ccccc1)nn2C1CC1.Nc1ncnc2c1c(Cc1ccccc1)nn2C1CC1. The van der Waals surface area contributed by atoms with Crippen LogP contribution in [0.4, 0.5) is 11.6 Å². The second-order valence-corrected chi connectivity index (χ2v) is 16.8. The first-order chi connectivity index (χ1) is 23.4. The Balaban J connectivity index is 0.000000141. The molecule has 2 aliphatic rings. The monoisotopic (exact) mass is 662 g/mol. The molecule has 0 amide bonds. The van der Waals surface area contributed by atoms with E-state index in [-0.39, 0.29) is 8.80 Å². The van der Waals surface area contributed by atoms with Crippen molar-refractivity contribution in [2.45, 2.75) is 89.2 Å². The maximum atomic E-state index is 10.6. The molecule has 0 bridgehead atoms. The van der Waals surface area contributed by atoms with Gasteiger partial charge in [-0.05, 0) is 36.8 Å². The Labute approximate surface area is 283 Å². The molecule has 11 nitrogen and oxygen atoms in total. The Kier molecular flexibility index (Phi) is 10.4. The minimum Gasteiger partial charge on any atom is -0.383 e. The predicted molar refractivity (Wildman–Crippen MR) is 194 cm³/mol. The number of aliphatic hydroxyl groups is 1. The lowest BCUT2D eigenvalue weighted by atomic mass is 10.1. The van der Waals surface area contributed by atoms with E-state index in [1.807, 2.05) is 57.9 Å². The highest BCUT2D eigenvalue weighted by atomic mass is 28.3. The number of nitrogens with two attached hydrogens (primary N) is 2. The number of hydrogen-bond donors (Lipinski definition) is 3. The van der Waals surface area contributed by atoms with Crippen LogP contribution < -0.4 is 11.5 Å². The van der Waals surface area contributed by atoms with Crippen molar-refractivity contribution in [2.24, 2.45) is 0 Å². The van der Waals surface area contributed by atoms with Gasteiger partial charge in [-0.25, -0.2) is 29.3 Å². The molecule has 0 aliphatic heterocycles. The van der Waals surface area contributed by atoms with E-state index in [9.17, 15) is 5.11 Å². The van der Waals surface area contributed by atoms with Crippen molar-refractivity contribution in [3.8, 4) is 0 Å². The first-order valence-electron chi connectivity index (χ1n) is 17.2. The summed E-state index contributed by atoms with van der Waals surface area (Å²) in [6, 6.07) is 25.0. The van der Waals surface area contributed by atoms with E-state index in [0.29, 0.717) is 40.4 Å². The van der Waals surface area contributed by atoms with Crippen LogP contribution in [-0.2, 0) is 6.42 Å². The number of nitrogens with zero attached hydrogens (tertiary/aromatic N) is 8. The number of aliphatic hydroxyl groups excluding tert-OH is 1. The third-order valence-corrected chi connectivity index (χ3v) is 12.7. The molecule has 2 aromatic carbocycles. The number of anilines is 2. The second kappa shape index (κ2) is 15.0. The number of aromatic nitrogens is 8. The molecular weight excluding hydrogens is 617 g/mol. The molecule has 0 spiro atoms. The van der Waals surface area contributed by atoms with Gasteiger partial charge in [0.25, 0.3) is 0 Å². The molecule has 8 rings (SSSR count). The maximum Gasteiger partial charge on any atom is 0.163 e. The zero-order valence-electron chi connectivity index (χ0n) is 28.1. The first-order valence-corrected chi connectivity index (χ1v) is 19.6. The molecule has 2 fully saturated rings. The lowest BCUT2D eigenvalue weighted by molar-refractivity contribution is 0.215. The third-order valence-electron chi connectivity index (χ3n) is 9.24. The summed E-state index contributed by atoms with van der Waals surface area (Å²) in [7, 11) is -0.171. The third kappa shape index (κ3) is 7.39. The number of hydrogen-bond acceptors (Lipinski definition) is 9. The van der Waals surface area contributed by atoms with E-state index < -0.39 is 6.10 Å². The van der Waals surface area contributed by atoms with Crippen LogP contribution >= 0.6 is 0 Å². The molecule has 1 atom stereocenters. The van der Waals surface area contributed by atoms with Gasteiger partial charge in [0.15, 0.2) is 11.3 Å². The normalized spacial score (nSPS) is 14.8. The molecule has 0 radical (unpaired) electrons. The summed E-state index contributed by atoms with van der Waals surface area (Å²) in [5.74, 6) is 0.879. The van der Waals surface area contributed by atoms with Crippen LogP contribution in [0.15, 0.2) is 73.3 Å². The Bertz CT molecular complexity index is 1930. The van der Waals surface area contributed by atoms with Gasteiger partial charge < -0.3 is 16.6 Å². The summed E-state index contributed by atoms with van der Waals surface area (Å²) in [6.07, 6.45) is 7.40. The van der Waals surface area contributed by atoms with Crippen molar-refractivity contribution >= 4 is 42.5 Å². The number of benzene rings is 2. The number of rotatable bonds is 9. The van der Waals surface area contributed by atoms with Crippen LogP contribution in [0.1, 0.15) is 87.2 Å². The number of fused-ring (bicyclic) bond motifs is 2. The smallest absolute Gasteiger partial charge is 0.163 e. The predicted octanol–water partition coefficient (Wildman–Crippen LogP) is 6.43. The van der Waals surface area contributed by atoms with Crippen LogP contribution in [-0.4, -0.2) is 53.4 Å². The molecule has 2 aliphatic carbocycles. The fourth-order valence-electron chi connectivity index (χ4n) is 6.00. The summed E-state index contributed by atoms with van der Waals surface area (Å²) in [6.45, 7) is 6.97. The fourth-order valence-corrected chi connectivity index (χ4v) is 7.73. The standard InChI is InChI=1S/C15H15N5O.C15H15N5.C6H16Si/c16-14-11-12(13(21)9-4-2-1-3-5-9)19-20(10-6-7-10)15(11)18-8-17-14;16-14-13-12(8-10-4-2-1-3-5-10)19-20(11-6-7-11)15(13)18-9-17-14;1-4-7(5-2)6-3/h1-5,8,10,13,21H,6-7H2,(H2,16,17,18);1-5,9,11H,6-8H2,(H2,16,17,18);7H,4-6H2,1-3H3. The van der Waals surface area contributed by atoms with Gasteiger partial charge in [-0.2, -0.15) is 10.2 Å². The van der Waals surface area contributed by atoms with Crippen molar-refractivity contribution in [3.63, 3.8) is 0 Å². The topological polar surface area (TPSA) is 159 Å². The minimum atomic E-state index is -0.831. The molecular formula is C36H46N10OSi. The quantitative estimate of drug-likeness (QED) is 0.148. The van der Waals surface area contributed by atoms with Crippen LogP contribution in [0, 0.1) is 0 Å². The van der Waals surface area contributed by atoms with Crippen LogP contribution in [0.5, 0.6) is 0 Å².